The SMILES string of the molecule is CCOC(=O)CS(=O)(=O)NCCc1ccc(C(=O)O)cc1. The monoisotopic (exact) mass is 315 g/mol. The van der Waals surface area contributed by atoms with E-state index in [1.807, 2.05) is 0 Å². The van der Waals surface area contributed by atoms with Crippen molar-refractivity contribution in [1.82, 2.24) is 4.72 Å². The number of carbonyl (C=O) groups excluding carboxylic acids is 1. The van der Waals surface area contributed by atoms with E-state index in [2.05, 4.69) is 9.46 Å². The summed E-state index contributed by atoms with van der Waals surface area (Å²) in [6.07, 6.45) is 0.391. The van der Waals surface area contributed by atoms with Crippen molar-refractivity contribution in [3.05, 3.63) is 35.4 Å². The standard InChI is InChI=1S/C13H17NO6S/c1-2-20-12(15)9-21(18,19)14-8-7-10-3-5-11(6-4-10)13(16)17/h3-6,14H,2,7-9H2,1H3,(H,16,17). The van der Waals surface area contributed by atoms with Gasteiger partial charge in [-0.3, -0.25) is 4.79 Å². The van der Waals surface area contributed by atoms with Gasteiger partial charge in [0.25, 0.3) is 0 Å². The predicted molar refractivity (Wildman–Crippen MR) is 75.5 cm³/mol. The van der Waals surface area contributed by atoms with E-state index in [1.54, 1.807) is 19.1 Å². The zero-order chi connectivity index (χ0) is 15.9. The fraction of sp³-hybridized carbons (Fsp3) is 0.385. The molecular formula is C13H17NO6S. The molecule has 8 heteroatoms. The zero-order valence-electron chi connectivity index (χ0n) is 11.5. The largest absolute Gasteiger partial charge is 0.478 e. The molecular weight excluding hydrogens is 298 g/mol. The Morgan fingerprint density at radius 2 is 1.86 bits per heavy atom. The molecule has 0 bridgehead atoms. The molecule has 0 fully saturated rings. The van der Waals surface area contributed by atoms with Gasteiger partial charge in [-0.25, -0.2) is 17.9 Å². The molecule has 0 spiro atoms. The van der Waals surface area contributed by atoms with E-state index in [0.717, 1.165) is 5.56 Å². The van der Waals surface area contributed by atoms with Crippen LogP contribution in [0.3, 0.4) is 0 Å². The van der Waals surface area contributed by atoms with E-state index < -0.39 is 27.7 Å². The molecule has 0 aliphatic carbocycles. The summed E-state index contributed by atoms with van der Waals surface area (Å²) in [7, 11) is -3.71. The Kier molecular flexibility index (Phi) is 6.32. The lowest BCUT2D eigenvalue weighted by atomic mass is 10.1. The Morgan fingerprint density at radius 3 is 2.38 bits per heavy atom. The summed E-state index contributed by atoms with van der Waals surface area (Å²) >= 11 is 0. The average Bonchev–Trinajstić information content (AvgIpc) is 2.38. The molecule has 21 heavy (non-hydrogen) atoms. The first-order valence-electron chi connectivity index (χ1n) is 6.29. The van der Waals surface area contributed by atoms with Gasteiger partial charge in [-0.2, -0.15) is 0 Å². The van der Waals surface area contributed by atoms with Gasteiger partial charge in [-0.15, -0.1) is 0 Å². The summed E-state index contributed by atoms with van der Waals surface area (Å²) < 4.78 is 30.0. The second-order valence-electron chi connectivity index (χ2n) is 4.21. The van der Waals surface area contributed by atoms with Crippen LogP contribution in [0.2, 0.25) is 0 Å². The lowest BCUT2D eigenvalue weighted by molar-refractivity contribution is -0.139. The average molecular weight is 315 g/mol. The number of rotatable bonds is 8. The molecule has 0 atom stereocenters. The van der Waals surface area contributed by atoms with Gasteiger partial charge < -0.3 is 9.84 Å². The van der Waals surface area contributed by atoms with Crippen molar-refractivity contribution >= 4 is 22.0 Å². The molecule has 0 amide bonds. The molecule has 0 aliphatic rings. The maximum Gasteiger partial charge on any atom is 0.335 e. The number of nitrogens with one attached hydrogen (secondary N) is 1. The number of benzene rings is 1. The number of carboxylic acids is 1. The maximum atomic E-state index is 11.6. The van der Waals surface area contributed by atoms with Crippen LogP contribution in [0.15, 0.2) is 24.3 Å². The first-order chi connectivity index (χ1) is 9.84. The number of esters is 1. The van der Waals surface area contributed by atoms with Gasteiger partial charge in [0.1, 0.15) is 0 Å². The topological polar surface area (TPSA) is 110 Å². The number of aromatic carboxylic acids is 1. The summed E-state index contributed by atoms with van der Waals surface area (Å²) in [6.45, 7) is 1.84. The second kappa shape index (κ2) is 7.75. The van der Waals surface area contributed by atoms with Gasteiger partial charge in [0, 0.05) is 6.54 Å². The Hall–Kier alpha value is -1.93. The van der Waals surface area contributed by atoms with E-state index in [9.17, 15) is 18.0 Å². The van der Waals surface area contributed by atoms with Crippen molar-refractivity contribution in [1.29, 1.82) is 0 Å². The van der Waals surface area contributed by atoms with Crippen molar-refractivity contribution in [3.63, 3.8) is 0 Å². The molecule has 0 heterocycles. The minimum absolute atomic E-state index is 0.119. The van der Waals surface area contributed by atoms with E-state index in [1.165, 1.54) is 12.1 Å². The molecule has 0 aliphatic heterocycles. The Balaban J connectivity index is 2.45. The third kappa shape index (κ3) is 6.37. The van der Waals surface area contributed by atoms with Crippen LogP contribution >= 0.6 is 0 Å². The first-order valence-corrected chi connectivity index (χ1v) is 7.94. The Morgan fingerprint density at radius 1 is 1.24 bits per heavy atom. The quantitative estimate of drug-likeness (QED) is 0.672. The van der Waals surface area contributed by atoms with Crippen LogP contribution < -0.4 is 4.72 Å². The highest BCUT2D eigenvalue weighted by atomic mass is 32.2. The van der Waals surface area contributed by atoms with Crippen molar-refractivity contribution < 1.29 is 27.9 Å². The fourth-order valence-electron chi connectivity index (χ4n) is 1.57. The van der Waals surface area contributed by atoms with Gasteiger partial charge >= 0.3 is 11.9 Å². The summed E-state index contributed by atoms with van der Waals surface area (Å²) in [6, 6.07) is 6.13. The van der Waals surface area contributed by atoms with Crippen LogP contribution in [0.4, 0.5) is 0 Å². The molecule has 7 nitrogen and oxygen atoms in total. The molecule has 1 rings (SSSR count). The maximum absolute atomic E-state index is 11.6. The van der Waals surface area contributed by atoms with E-state index in [4.69, 9.17) is 5.11 Å². The number of ether oxygens (including phenoxy) is 1. The molecule has 2 N–H and O–H groups in total. The molecule has 0 aromatic heterocycles. The summed E-state index contributed by atoms with van der Waals surface area (Å²) in [4.78, 5) is 21.8. The third-order valence-corrected chi connectivity index (χ3v) is 3.81. The number of carbonyl (C=O) groups is 2. The molecule has 116 valence electrons. The van der Waals surface area contributed by atoms with Crippen molar-refractivity contribution in [2.75, 3.05) is 18.9 Å². The van der Waals surface area contributed by atoms with Crippen molar-refractivity contribution in [2.45, 2.75) is 13.3 Å². The predicted octanol–water partition coefficient (Wildman–Crippen LogP) is 0.410. The summed E-state index contributed by atoms with van der Waals surface area (Å²) in [5, 5.41) is 8.75. The zero-order valence-corrected chi connectivity index (χ0v) is 12.4. The van der Waals surface area contributed by atoms with Crippen LogP contribution in [0, 0.1) is 0 Å². The Labute approximate surface area is 123 Å². The number of sulfonamides is 1. The van der Waals surface area contributed by atoms with Gasteiger partial charge in [0.15, 0.2) is 5.75 Å². The van der Waals surface area contributed by atoms with Crippen LogP contribution in [0.1, 0.15) is 22.8 Å². The molecule has 0 saturated heterocycles. The van der Waals surface area contributed by atoms with Gasteiger partial charge in [0.05, 0.1) is 12.2 Å². The highest BCUT2D eigenvalue weighted by molar-refractivity contribution is 7.90. The van der Waals surface area contributed by atoms with Gasteiger partial charge in [-0.1, -0.05) is 12.1 Å². The number of carboxylic acid groups (broad SMARTS) is 1. The molecule has 0 unspecified atom stereocenters. The van der Waals surface area contributed by atoms with Crippen LogP contribution in [0.5, 0.6) is 0 Å². The number of hydrogen-bond acceptors (Lipinski definition) is 5. The highest BCUT2D eigenvalue weighted by Crippen LogP contribution is 2.05. The third-order valence-electron chi connectivity index (χ3n) is 2.55. The van der Waals surface area contributed by atoms with Gasteiger partial charge in [-0.05, 0) is 31.0 Å². The number of hydrogen-bond donors (Lipinski definition) is 2. The Bertz CT molecular complexity index is 594. The summed E-state index contributed by atoms with van der Waals surface area (Å²) in [5.41, 5.74) is 0.959. The lowest BCUT2D eigenvalue weighted by Crippen LogP contribution is -2.32. The minimum Gasteiger partial charge on any atom is -0.478 e. The van der Waals surface area contributed by atoms with Gasteiger partial charge in [0.2, 0.25) is 10.0 Å². The summed E-state index contributed by atoms with van der Waals surface area (Å²) in [5.74, 6) is -2.52. The second-order valence-corrected chi connectivity index (χ2v) is 6.02. The normalized spacial score (nSPS) is 11.1. The van der Waals surface area contributed by atoms with Crippen molar-refractivity contribution in [3.8, 4) is 0 Å². The van der Waals surface area contributed by atoms with Crippen LogP contribution in [-0.4, -0.2) is 44.4 Å². The molecule has 1 aromatic rings. The van der Waals surface area contributed by atoms with Crippen LogP contribution in [0.25, 0.3) is 0 Å². The first kappa shape index (κ1) is 17.1. The lowest BCUT2D eigenvalue weighted by Gasteiger charge is -2.06. The smallest absolute Gasteiger partial charge is 0.335 e. The van der Waals surface area contributed by atoms with E-state index in [0.29, 0.717) is 6.42 Å². The molecule has 0 saturated carbocycles. The van der Waals surface area contributed by atoms with Crippen LogP contribution in [-0.2, 0) is 26.0 Å². The highest BCUT2D eigenvalue weighted by Gasteiger charge is 2.16. The van der Waals surface area contributed by atoms with E-state index >= 15 is 0 Å². The minimum atomic E-state index is -3.71. The molecule has 1 aromatic carbocycles. The molecule has 0 radical (unpaired) electrons. The fourth-order valence-corrected chi connectivity index (χ4v) is 2.48. The van der Waals surface area contributed by atoms with E-state index in [-0.39, 0.29) is 18.7 Å². The van der Waals surface area contributed by atoms with Crippen molar-refractivity contribution in [2.24, 2.45) is 0 Å².